The van der Waals surface area contributed by atoms with Crippen LogP contribution in [0.25, 0.3) is 11.0 Å². The molecular weight excluding hydrogens is 505 g/mol. The first kappa shape index (κ1) is 24.1. The first-order valence-electron chi connectivity index (χ1n) is 11.3. The van der Waals surface area contributed by atoms with Gasteiger partial charge in [0.2, 0.25) is 0 Å². The zero-order valence-electron chi connectivity index (χ0n) is 19.0. The number of rotatable bonds is 5. The van der Waals surface area contributed by atoms with Gasteiger partial charge in [-0.3, -0.25) is 13.9 Å². The second-order valence-electron chi connectivity index (χ2n) is 8.72. The summed E-state index contributed by atoms with van der Waals surface area (Å²) in [5.41, 5.74) is 6.73. The Balaban J connectivity index is 1.67. The van der Waals surface area contributed by atoms with Crippen molar-refractivity contribution in [2.75, 3.05) is 18.0 Å². The van der Waals surface area contributed by atoms with Gasteiger partial charge in [-0.05, 0) is 42.2 Å². The van der Waals surface area contributed by atoms with Crippen LogP contribution in [0.2, 0.25) is 5.02 Å². The molecule has 12 heteroatoms. The lowest BCUT2D eigenvalue weighted by Crippen LogP contribution is -2.48. The molecule has 1 atom stereocenters. The van der Waals surface area contributed by atoms with Crippen molar-refractivity contribution >= 4 is 40.2 Å². The number of nitrogens with two attached hydrogens (primary N) is 1. The number of hydrogen-bond donors (Lipinski definition) is 1. The molecular formula is C24H21ClFN7O2S. The Labute approximate surface area is 214 Å². The molecule has 5 rings (SSSR count). The van der Waals surface area contributed by atoms with Crippen molar-refractivity contribution in [1.82, 2.24) is 17.9 Å². The number of nitriles is 1. The second kappa shape index (κ2) is 9.81. The maximum absolute atomic E-state index is 14.5. The van der Waals surface area contributed by atoms with E-state index in [1.54, 1.807) is 30.3 Å². The lowest BCUT2D eigenvalue weighted by atomic mass is 10.1. The Morgan fingerprint density at radius 2 is 2.00 bits per heavy atom. The first-order valence-corrected chi connectivity index (χ1v) is 12.4. The molecule has 0 bridgehead atoms. The van der Waals surface area contributed by atoms with Gasteiger partial charge in [-0.2, -0.15) is 14.0 Å². The monoisotopic (exact) mass is 525 g/mol. The highest BCUT2D eigenvalue weighted by atomic mass is 35.5. The molecule has 0 saturated carbocycles. The van der Waals surface area contributed by atoms with Gasteiger partial charge in [0, 0.05) is 19.1 Å². The molecule has 9 nitrogen and oxygen atoms in total. The van der Waals surface area contributed by atoms with Gasteiger partial charge in [0.05, 0.1) is 36.5 Å². The number of hydrogen-bond acceptors (Lipinski definition) is 8. The third-order valence-electron chi connectivity index (χ3n) is 6.29. The number of aromatic nitrogens is 4. The van der Waals surface area contributed by atoms with Gasteiger partial charge < -0.3 is 10.6 Å². The maximum Gasteiger partial charge on any atom is 0.333 e. The third kappa shape index (κ3) is 4.39. The Hall–Kier alpha value is -3.59. The summed E-state index contributed by atoms with van der Waals surface area (Å²) in [7, 11) is 0. The summed E-state index contributed by atoms with van der Waals surface area (Å²) in [6, 6.07) is 11.8. The third-order valence-corrected chi connectivity index (χ3v) is 7.16. The lowest BCUT2D eigenvalue weighted by Gasteiger charge is -2.34. The molecule has 2 N–H and O–H groups in total. The van der Waals surface area contributed by atoms with E-state index >= 15 is 0 Å². The molecule has 3 heterocycles. The van der Waals surface area contributed by atoms with Crippen LogP contribution in [0.4, 0.5) is 10.2 Å². The van der Waals surface area contributed by atoms with Crippen LogP contribution in [0, 0.1) is 17.1 Å². The average Bonchev–Trinajstić information content (AvgIpc) is 3.35. The molecule has 0 unspecified atom stereocenters. The van der Waals surface area contributed by atoms with Gasteiger partial charge in [0.1, 0.15) is 21.9 Å². The Morgan fingerprint density at radius 3 is 2.78 bits per heavy atom. The number of halogens is 2. The Kier molecular flexibility index (Phi) is 6.57. The minimum absolute atomic E-state index is 0.0209. The van der Waals surface area contributed by atoms with E-state index in [0.29, 0.717) is 35.3 Å². The normalized spacial score (nSPS) is 15.8. The summed E-state index contributed by atoms with van der Waals surface area (Å²) >= 11 is 7.51. The van der Waals surface area contributed by atoms with Crippen LogP contribution in [0.3, 0.4) is 0 Å². The van der Waals surface area contributed by atoms with Gasteiger partial charge in [0.15, 0.2) is 5.82 Å². The minimum Gasteiger partial charge on any atom is -0.355 e. The van der Waals surface area contributed by atoms with Crippen molar-refractivity contribution in [1.29, 1.82) is 5.26 Å². The van der Waals surface area contributed by atoms with E-state index in [4.69, 9.17) is 17.3 Å². The molecule has 0 aliphatic carbocycles. The predicted octanol–water partition coefficient (Wildman–Crippen LogP) is 2.70. The zero-order chi connectivity index (χ0) is 25.4. The maximum atomic E-state index is 14.5. The molecule has 36 heavy (non-hydrogen) atoms. The van der Waals surface area contributed by atoms with E-state index in [-0.39, 0.29) is 35.5 Å². The van der Waals surface area contributed by atoms with Crippen molar-refractivity contribution in [2.24, 2.45) is 5.73 Å². The van der Waals surface area contributed by atoms with Gasteiger partial charge in [-0.25, -0.2) is 9.18 Å². The Bertz CT molecular complexity index is 1620. The van der Waals surface area contributed by atoms with E-state index in [9.17, 15) is 19.2 Å². The van der Waals surface area contributed by atoms with Crippen LogP contribution in [0.1, 0.15) is 29.5 Å². The standard InChI is InChI=1S/C24H21ClFN7O2S/c25-20-22(31-7-3-6-17(28)13-31)32(12-16-5-2-1-4-15(16)10-27)24(35)33(23(20)34)11-14-8-18(26)21-19(9-14)29-36-30-21/h1-2,4-5,8-9,17H,3,6-7,11-13,28H2/t17-/m1/s1. The van der Waals surface area contributed by atoms with Crippen molar-refractivity contribution in [3.05, 3.63) is 84.8 Å². The van der Waals surface area contributed by atoms with E-state index in [1.165, 1.54) is 10.6 Å². The van der Waals surface area contributed by atoms with Crippen LogP contribution in [0.15, 0.2) is 46.0 Å². The minimum atomic E-state index is -0.683. The molecule has 1 aliphatic heterocycles. The SMILES string of the molecule is N#Cc1ccccc1Cn1c(N2CCC[C@@H](N)C2)c(Cl)c(=O)n(Cc2cc(F)c3nsnc3c2)c1=O. The lowest BCUT2D eigenvalue weighted by molar-refractivity contribution is 0.490. The van der Waals surface area contributed by atoms with Crippen LogP contribution in [-0.2, 0) is 13.1 Å². The molecule has 2 aromatic heterocycles. The molecule has 0 radical (unpaired) electrons. The van der Waals surface area contributed by atoms with Crippen molar-refractivity contribution < 1.29 is 4.39 Å². The molecule has 0 spiro atoms. The molecule has 1 fully saturated rings. The number of anilines is 1. The fraction of sp³-hybridized carbons (Fsp3) is 0.292. The molecule has 1 aliphatic rings. The van der Waals surface area contributed by atoms with Crippen LogP contribution >= 0.6 is 23.3 Å². The Morgan fingerprint density at radius 1 is 1.19 bits per heavy atom. The van der Waals surface area contributed by atoms with E-state index in [0.717, 1.165) is 29.1 Å². The topological polar surface area (TPSA) is 123 Å². The summed E-state index contributed by atoms with van der Waals surface area (Å²) in [5, 5.41) is 9.44. The predicted molar refractivity (Wildman–Crippen MR) is 136 cm³/mol. The summed E-state index contributed by atoms with van der Waals surface area (Å²) in [5.74, 6) is -0.311. The van der Waals surface area contributed by atoms with E-state index in [2.05, 4.69) is 14.8 Å². The fourth-order valence-electron chi connectivity index (χ4n) is 4.57. The molecule has 184 valence electrons. The van der Waals surface area contributed by atoms with Gasteiger partial charge >= 0.3 is 5.69 Å². The van der Waals surface area contributed by atoms with Gasteiger partial charge in [-0.1, -0.05) is 29.8 Å². The average molecular weight is 526 g/mol. The van der Waals surface area contributed by atoms with Crippen LogP contribution < -0.4 is 21.9 Å². The largest absolute Gasteiger partial charge is 0.355 e. The summed E-state index contributed by atoms with van der Waals surface area (Å²) < 4.78 is 24.9. The molecule has 2 aromatic carbocycles. The van der Waals surface area contributed by atoms with Crippen LogP contribution in [0.5, 0.6) is 0 Å². The highest BCUT2D eigenvalue weighted by Gasteiger charge is 2.27. The highest BCUT2D eigenvalue weighted by Crippen LogP contribution is 2.26. The van der Waals surface area contributed by atoms with Crippen LogP contribution in [-0.4, -0.2) is 37.0 Å². The number of fused-ring (bicyclic) bond motifs is 1. The fourth-order valence-corrected chi connectivity index (χ4v) is 5.42. The van der Waals surface area contributed by atoms with Crippen molar-refractivity contribution in [3.63, 3.8) is 0 Å². The van der Waals surface area contributed by atoms with Gasteiger partial charge in [-0.15, -0.1) is 0 Å². The number of piperidine rings is 1. The summed E-state index contributed by atoms with van der Waals surface area (Å²) in [6.07, 6.45) is 1.61. The van der Waals surface area contributed by atoms with Crippen molar-refractivity contribution in [3.8, 4) is 6.07 Å². The van der Waals surface area contributed by atoms with E-state index in [1.807, 2.05) is 4.90 Å². The summed E-state index contributed by atoms with van der Waals surface area (Å²) in [6.45, 7) is 0.824. The highest BCUT2D eigenvalue weighted by molar-refractivity contribution is 7.00. The molecule has 1 saturated heterocycles. The quantitative estimate of drug-likeness (QED) is 0.425. The molecule has 0 amide bonds. The number of nitrogens with zero attached hydrogens (tertiary/aromatic N) is 6. The zero-order valence-corrected chi connectivity index (χ0v) is 20.6. The number of benzene rings is 2. The van der Waals surface area contributed by atoms with Gasteiger partial charge in [0.25, 0.3) is 5.56 Å². The smallest absolute Gasteiger partial charge is 0.333 e. The second-order valence-corrected chi connectivity index (χ2v) is 9.63. The summed E-state index contributed by atoms with van der Waals surface area (Å²) in [4.78, 5) is 29.0. The first-order chi connectivity index (χ1) is 17.4. The van der Waals surface area contributed by atoms with E-state index < -0.39 is 17.1 Å². The molecule has 4 aromatic rings. The van der Waals surface area contributed by atoms with Crippen molar-refractivity contribution in [2.45, 2.75) is 32.0 Å².